The van der Waals surface area contributed by atoms with E-state index in [4.69, 9.17) is 18.9 Å². The van der Waals surface area contributed by atoms with E-state index >= 15 is 0 Å². The third-order valence-electron chi connectivity index (χ3n) is 12.0. The molecule has 8 atom stereocenters. The van der Waals surface area contributed by atoms with E-state index in [0.717, 1.165) is 41.8 Å². The molecule has 2 unspecified atom stereocenters. The Labute approximate surface area is 203 Å². The Bertz CT molecular complexity index is 662. The van der Waals surface area contributed by atoms with Crippen molar-refractivity contribution in [1.29, 1.82) is 0 Å². The lowest BCUT2D eigenvalue weighted by molar-refractivity contribution is -0.113. The monoisotopic (exact) mass is 461 g/mol. The van der Waals surface area contributed by atoms with E-state index in [2.05, 4.69) is 47.6 Å². The van der Waals surface area contributed by atoms with E-state index in [1.54, 1.807) is 7.11 Å². The van der Waals surface area contributed by atoms with Crippen LogP contribution in [-0.4, -0.2) is 40.6 Å². The molecule has 6 aliphatic carbocycles. The Balaban J connectivity index is 1.52. The van der Waals surface area contributed by atoms with Gasteiger partial charge in [-0.05, 0) is 54.5 Å². The smallest absolute Gasteiger partial charge is 0.188 e. The predicted molar refractivity (Wildman–Crippen MR) is 136 cm³/mol. The van der Waals surface area contributed by atoms with Gasteiger partial charge in [-0.25, -0.2) is 0 Å². The normalized spacial score (nSPS) is 42.3. The minimum atomic E-state index is -0.978. The molecule has 0 aromatic carbocycles. The molecule has 0 saturated heterocycles. The second-order valence-corrected chi connectivity index (χ2v) is 13.4. The molecule has 6 rings (SSSR count). The zero-order chi connectivity index (χ0) is 24.0. The fourth-order valence-electron chi connectivity index (χ4n) is 9.61. The lowest BCUT2D eigenvalue weighted by atomic mass is 9.15. The molecule has 33 heavy (non-hydrogen) atoms. The van der Waals surface area contributed by atoms with Gasteiger partial charge in [0.25, 0.3) is 0 Å². The molecule has 190 valence electrons. The van der Waals surface area contributed by atoms with Gasteiger partial charge in [0.1, 0.15) is 6.35 Å². The lowest BCUT2D eigenvalue weighted by Gasteiger charge is -2.72. The molecule has 6 aliphatic rings. The van der Waals surface area contributed by atoms with Crippen LogP contribution in [0, 0.1) is 46.3 Å². The van der Waals surface area contributed by atoms with Crippen molar-refractivity contribution in [3.05, 3.63) is 12.3 Å². The third-order valence-corrected chi connectivity index (χ3v) is 12.0. The molecule has 0 heterocycles. The number of hydrogen-bond acceptors (Lipinski definition) is 4. The quantitative estimate of drug-likeness (QED) is 0.146. The SMILES string of the molecule is COCCOCO/C=C\C[B-](OC)(C1C[C@@H]2C[C@H]([C@H]1C)C2(C)C)C1C[C@@H]2C[C@H]([C@H]1C)C2(C)C. The van der Waals surface area contributed by atoms with Gasteiger partial charge < -0.3 is 18.9 Å². The first kappa shape index (κ1) is 25.6. The summed E-state index contributed by atoms with van der Waals surface area (Å²) in [6.45, 7) is 16.6. The van der Waals surface area contributed by atoms with Crippen LogP contribution in [0.4, 0.5) is 0 Å². The van der Waals surface area contributed by atoms with Crippen LogP contribution in [0.1, 0.15) is 67.2 Å². The first-order chi connectivity index (χ1) is 15.6. The fraction of sp³-hybridized carbons (Fsp3) is 0.929. The van der Waals surface area contributed by atoms with Crippen molar-refractivity contribution in [3.63, 3.8) is 0 Å². The second kappa shape index (κ2) is 9.50. The molecule has 0 aromatic heterocycles. The number of hydrogen-bond donors (Lipinski definition) is 0. The topological polar surface area (TPSA) is 36.9 Å². The molecule has 5 heteroatoms. The van der Waals surface area contributed by atoms with Gasteiger partial charge in [-0.3, -0.25) is 0 Å². The molecule has 4 nitrogen and oxygen atoms in total. The average molecular weight is 462 g/mol. The van der Waals surface area contributed by atoms with Crippen LogP contribution in [0.2, 0.25) is 18.0 Å². The highest BCUT2D eigenvalue weighted by atomic mass is 16.7. The van der Waals surface area contributed by atoms with Crippen molar-refractivity contribution < 1.29 is 18.9 Å². The summed E-state index contributed by atoms with van der Waals surface area (Å²) in [4.78, 5) is 0. The van der Waals surface area contributed by atoms with E-state index in [0.29, 0.717) is 35.7 Å². The van der Waals surface area contributed by atoms with E-state index < -0.39 is 6.35 Å². The Kier molecular flexibility index (Phi) is 7.37. The van der Waals surface area contributed by atoms with Crippen LogP contribution in [0.3, 0.4) is 0 Å². The first-order valence-corrected chi connectivity index (χ1v) is 13.7. The Morgan fingerprint density at radius 3 is 1.79 bits per heavy atom. The van der Waals surface area contributed by atoms with Gasteiger partial charge in [-0.2, -0.15) is 0 Å². The maximum Gasteiger partial charge on any atom is 0.188 e. The largest absolute Gasteiger partial charge is 0.592 e. The fourth-order valence-corrected chi connectivity index (χ4v) is 9.61. The zero-order valence-electron chi connectivity index (χ0n) is 22.6. The van der Waals surface area contributed by atoms with Crippen LogP contribution in [0.25, 0.3) is 0 Å². The zero-order valence-corrected chi connectivity index (χ0v) is 22.6. The molecule has 0 aromatic rings. The van der Waals surface area contributed by atoms with Crippen molar-refractivity contribution in [2.75, 3.05) is 34.2 Å². The number of allylic oxidation sites excluding steroid dienone is 1. The van der Waals surface area contributed by atoms with Crippen LogP contribution in [0.5, 0.6) is 0 Å². The molecule has 0 aliphatic heterocycles. The van der Waals surface area contributed by atoms with Gasteiger partial charge in [0.15, 0.2) is 6.79 Å². The van der Waals surface area contributed by atoms with Crippen LogP contribution in [0.15, 0.2) is 12.3 Å². The average Bonchev–Trinajstić information content (AvgIpc) is 2.78. The van der Waals surface area contributed by atoms with E-state index in [9.17, 15) is 0 Å². The number of rotatable bonds is 11. The van der Waals surface area contributed by atoms with Gasteiger partial charge in [-0.1, -0.05) is 72.3 Å². The molecule has 0 amide bonds. The Morgan fingerprint density at radius 1 is 0.818 bits per heavy atom. The predicted octanol–water partition coefficient (Wildman–Crippen LogP) is 6.87. The molecule has 4 bridgehead atoms. The molecular formula is C28H50BO4-. The van der Waals surface area contributed by atoms with Gasteiger partial charge in [-0.15, -0.1) is 18.0 Å². The maximum atomic E-state index is 6.80. The number of ether oxygens (including phenoxy) is 3. The summed E-state index contributed by atoms with van der Waals surface area (Å²) >= 11 is 0. The minimum Gasteiger partial charge on any atom is -0.592 e. The molecule has 6 saturated carbocycles. The minimum absolute atomic E-state index is 0.281. The van der Waals surface area contributed by atoms with Gasteiger partial charge in [0.05, 0.1) is 19.5 Å². The van der Waals surface area contributed by atoms with Gasteiger partial charge >= 0.3 is 0 Å². The molecule has 6 fully saturated rings. The number of methoxy groups -OCH3 is 1. The summed E-state index contributed by atoms with van der Waals surface area (Å²) in [7, 11) is 3.71. The van der Waals surface area contributed by atoms with Crippen LogP contribution in [-0.2, 0) is 18.9 Å². The molecule has 0 radical (unpaired) electrons. The van der Waals surface area contributed by atoms with Crippen molar-refractivity contribution in [1.82, 2.24) is 0 Å². The lowest BCUT2D eigenvalue weighted by Crippen LogP contribution is -2.65. The molecule has 0 N–H and O–H groups in total. The van der Waals surface area contributed by atoms with Gasteiger partial charge in [0, 0.05) is 7.11 Å². The van der Waals surface area contributed by atoms with Crippen molar-refractivity contribution in [2.24, 2.45) is 46.3 Å². The highest BCUT2D eigenvalue weighted by Crippen LogP contribution is 2.72. The molecule has 0 spiro atoms. The first-order valence-electron chi connectivity index (χ1n) is 13.7. The summed E-state index contributed by atoms with van der Waals surface area (Å²) in [5.41, 5.74) is 1.01. The highest BCUT2D eigenvalue weighted by molar-refractivity contribution is 6.77. The second-order valence-electron chi connectivity index (χ2n) is 13.4. The summed E-state index contributed by atoms with van der Waals surface area (Å²) in [5, 5.41) is 0. The summed E-state index contributed by atoms with van der Waals surface area (Å²) < 4.78 is 23.0. The van der Waals surface area contributed by atoms with Gasteiger partial charge in [0.2, 0.25) is 0 Å². The Hall–Kier alpha value is -0.515. The van der Waals surface area contributed by atoms with Crippen LogP contribution >= 0.6 is 0 Å². The highest BCUT2D eigenvalue weighted by Gasteiger charge is 2.63. The van der Waals surface area contributed by atoms with Crippen molar-refractivity contribution in [3.8, 4) is 0 Å². The standard InChI is InChI=1S/C28H50BO4/c1-19-23-14-21(27(23,3)4)16-25(19)29(31-8,10-9-11-32-18-33-13-12-30-7)26-17-22-15-24(20(26)2)28(22,5)6/h9,11,19-26H,10,12-18H2,1-8H3/q-1/b11-9-/t19-,20-,21+,22+,23-,24-,25?,26?,29?/m1/s1. The molecular weight excluding hydrogens is 411 g/mol. The Morgan fingerprint density at radius 2 is 1.36 bits per heavy atom. The maximum absolute atomic E-state index is 6.80. The third kappa shape index (κ3) is 4.12. The summed E-state index contributed by atoms with van der Waals surface area (Å²) in [6.07, 6.45) is 9.67. The van der Waals surface area contributed by atoms with Crippen molar-refractivity contribution >= 4 is 6.35 Å². The number of fused-ring (bicyclic) bond motifs is 4. The van der Waals surface area contributed by atoms with Crippen LogP contribution < -0.4 is 0 Å². The van der Waals surface area contributed by atoms with E-state index in [1.165, 1.54) is 25.7 Å². The van der Waals surface area contributed by atoms with E-state index in [1.807, 2.05) is 13.4 Å². The van der Waals surface area contributed by atoms with E-state index in [-0.39, 0.29) is 6.79 Å². The van der Waals surface area contributed by atoms with Crippen molar-refractivity contribution in [2.45, 2.75) is 85.2 Å². The summed E-state index contributed by atoms with van der Waals surface area (Å²) in [6, 6.07) is 0. The summed E-state index contributed by atoms with van der Waals surface area (Å²) in [5.74, 6) is 6.24.